The van der Waals surface area contributed by atoms with Crippen LogP contribution in [0.15, 0.2) is 12.4 Å². The average molecular weight is 331 g/mol. The Kier molecular flexibility index (Phi) is 5.15. The number of carbonyl (C=O) groups excluding carboxylic acids is 1. The Bertz CT molecular complexity index is 563. The molecule has 2 fully saturated rings. The highest BCUT2D eigenvalue weighted by atomic mass is 16.2. The van der Waals surface area contributed by atoms with Gasteiger partial charge in [0.05, 0.1) is 11.9 Å². The van der Waals surface area contributed by atoms with Crippen molar-refractivity contribution in [1.82, 2.24) is 24.7 Å². The van der Waals surface area contributed by atoms with Crippen LogP contribution in [0.1, 0.15) is 41.9 Å². The van der Waals surface area contributed by atoms with Crippen LogP contribution in [0.4, 0.5) is 0 Å². The fourth-order valence-corrected chi connectivity index (χ4v) is 4.02. The third-order valence-corrected chi connectivity index (χ3v) is 5.54. The van der Waals surface area contributed by atoms with Crippen LogP contribution < -0.4 is 0 Å². The number of aryl methyl sites for hydroxylation is 1. The number of hydrogen-bond donors (Lipinski definition) is 0. The summed E-state index contributed by atoms with van der Waals surface area (Å²) < 4.78 is 0. The van der Waals surface area contributed by atoms with Crippen molar-refractivity contribution in [2.24, 2.45) is 0 Å². The van der Waals surface area contributed by atoms with E-state index in [1.54, 1.807) is 12.4 Å². The minimum absolute atomic E-state index is 0.0233. The Morgan fingerprint density at radius 2 is 1.92 bits per heavy atom. The van der Waals surface area contributed by atoms with Gasteiger partial charge < -0.3 is 9.80 Å². The molecule has 2 saturated heterocycles. The van der Waals surface area contributed by atoms with E-state index in [1.165, 1.54) is 19.4 Å². The normalized spacial score (nSPS) is 20.9. The van der Waals surface area contributed by atoms with Crippen molar-refractivity contribution in [3.05, 3.63) is 23.8 Å². The maximum atomic E-state index is 12.6. The molecule has 6 heteroatoms. The molecule has 0 saturated carbocycles. The van der Waals surface area contributed by atoms with Crippen molar-refractivity contribution < 1.29 is 4.79 Å². The summed E-state index contributed by atoms with van der Waals surface area (Å²) in [6.07, 6.45) is 7.97. The Morgan fingerprint density at radius 3 is 2.54 bits per heavy atom. The molecule has 0 aliphatic carbocycles. The molecule has 0 radical (unpaired) electrons. The number of nitrogens with zero attached hydrogens (tertiary/aromatic N) is 5. The summed E-state index contributed by atoms with van der Waals surface area (Å²) >= 11 is 0. The van der Waals surface area contributed by atoms with Crippen molar-refractivity contribution in [2.75, 3.05) is 46.8 Å². The third kappa shape index (κ3) is 3.59. The molecule has 1 spiro atoms. The van der Waals surface area contributed by atoms with E-state index in [4.69, 9.17) is 0 Å². The summed E-state index contributed by atoms with van der Waals surface area (Å²) in [6, 6.07) is 0. The zero-order valence-electron chi connectivity index (χ0n) is 15.2. The van der Waals surface area contributed by atoms with E-state index >= 15 is 0 Å². The van der Waals surface area contributed by atoms with Crippen LogP contribution in [0, 0.1) is 6.92 Å². The predicted molar refractivity (Wildman–Crippen MR) is 94.0 cm³/mol. The van der Waals surface area contributed by atoms with E-state index in [1.807, 2.05) is 11.8 Å². The highest BCUT2D eigenvalue weighted by molar-refractivity contribution is 5.92. The van der Waals surface area contributed by atoms with Gasteiger partial charge in [-0.3, -0.25) is 14.7 Å². The first-order valence-corrected chi connectivity index (χ1v) is 8.98. The van der Waals surface area contributed by atoms with Gasteiger partial charge in [-0.15, -0.1) is 0 Å². The van der Waals surface area contributed by atoms with Gasteiger partial charge >= 0.3 is 0 Å². The van der Waals surface area contributed by atoms with Gasteiger partial charge in [-0.2, -0.15) is 0 Å². The second-order valence-electron chi connectivity index (χ2n) is 7.45. The third-order valence-electron chi connectivity index (χ3n) is 5.54. The predicted octanol–water partition coefficient (Wildman–Crippen LogP) is 1.42. The van der Waals surface area contributed by atoms with E-state index in [9.17, 15) is 4.79 Å². The zero-order valence-corrected chi connectivity index (χ0v) is 15.2. The highest BCUT2D eigenvalue weighted by Crippen LogP contribution is 2.38. The molecular formula is C18H29N5O. The zero-order chi connectivity index (χ0) is 17.2. The first-order chi connectivity index (χ1) is 11.5. The Labute approximate surface area is 144 Å². The second kappa shape index (κ2) is 7.15. The molecule has 132 valence electrons. The van der Waals surface area contributed by atoms with Gasteiger partial charge in [-0.05, 0) is 53.2 Å². The van der Waals surface area contributed by atoms with Crippen molar-refractivity contribution >= 4 is 5.91 Å². The van der Waals surface area contributed by atoms with E-state index in [0.29, 0.717) is 11.2 Å². The molecule has 0 N–H and O–H groups in total. The van der Waals surface area contributed by atoms with Crippen LogP contribution in [-0.2, 0) is 0 Å². The smallest absolute Gasteiger partial charge is 0.274 e. The summed E-state index contributed by atoms with van der Waals surface area (Å²) in [5.41, 5.74) is 1.62. The van der Waals surface area contributed by atoms with E-state index in [2.05, 4.69) is 33.9 Å². The molecule has 24 heavy (non-hydrogen) atoms. The summed E-state index contributed by atoms with van der Waals surface area (Å²) in [7, 11) is 4.26. The molecule has 0 unspecified atom stereocenters. The minimum Gasteiger partial charge on any atom is -0.337 e. The van der Waals surface area contributed by atoms with Crippen LogP contribution in [0.2, 0.25) is 0 Å². The molecule has 1 aromatic rings. The molecule has 2 aliphatic rings. The van der Waals surface area contributed by atoms with E-state index in [-0.39, 0.29) is 5.91 Å². The lowest BCUT2D eigenvalue weighted by molar-refractivity contribution is 0.0389. The van der Waals surface area contributed by atoms with E-state index in [0.717, 1.165) is 44.7 Å². The molecule has 6 nitrogen and oxygen atoms in total. The summed E-state index contributed by atoms with van der Waals surface area (Å²) in [6.45, 7) is 6.97. The average Bonchev–Trinajstić information content (AvgIpc) is 2.96. The quantitative estimate of drug-likeness (QED) is 0.835. The summed E-state index contributed by atoms with van der Waals surface area (Å²) in [5, 5.41) is 0. The van der Waals surface area contributed by atoms with Crippen LogP contribution in [0.25, 0.3) is 0 Å². The highest BCUT2D eigenvalue weighted by Gasteiger charge is 2.43. The van der Waals surface area contributed by atoms with Crippen molar-refractivity contribution in [1.29, 1.82) is 0 Å². The first kappa shape index (κ1) is 17.3. The number of aromatic nitrogens is 2. The van der Waals surface area contributed by atoms with Crippen LogP contribution in [-0.4, -0.2) is 82.9 Å². The first-order valence-electron chi connectivity index (χ1n) is 8.98. The molecular weight excluding hydrogens is 302 g/mol. The van der Waals surface area contributed by atoms with Gasteiger partial charge in [0.2, 0.25) is 0 Å². The van der Waals surface area contributed by atoms with Crippen LogP contribution in [0.5, 0.6) is 0 Å². The number of likely N-dealkylation sites (tertiary alicyclic amines) is 2. The van der Waals surface area contributed by atoms with Gasteiger partial charge in [-0.25, -0.2) is 4.98 Å². The fourth-order valence-electron chi connectivity index (χ4n) is 4.02. The molecule has 2 aliphatic heterocycles. The van der Waals surface area contributed by atoms with Crippen LogP contribution >= 0.6 is 0 Å². The summed E-state index contributed by atoms with van der Waals surface area (Å²) in [4.78, 5) is 27.9. The molecule has 0 bridgehead atoms. The van der Waals surface area contributed by atoms with Gasteiger partial charge in [0.15, 0.2) is 0 Å². The Balaban J connectivity index is 1.60. The number of piperidine rings is 1. The van der Waals surface area contributed by atoms with Crippen LogP contribution in [0.3, 0.4) is 0 Å². The number of amides is 1. The Morgan fingerprint density at radius 1 is 1.17 bits per heavy atom. The SMILES string of the molecule is Cc1cnc(C(=O)N2CCC3(CCCN3CCN(C)C)CC2)cn1. The molecule has 1 amide bonds. The van der Waals surface area contributed by atoms with Crippen molar-refractivity contribution in [2.45, 2.75) is 38.1 Å². The largest absolute Gasteiger partial charge is 0.337 e. The number of carbonyl (C=O) groups is 1. The maximum absolute atomic E-state index is 12.6. The minimum atomic E-state index is 0.0233. The topological polar surface area (TPSA) is 52.6 Å². The molecule has 0 aromatic carbocycles. The maximum Gasteiger partial charge on any atom is 0.274 e. The lowest BCUT2D eigenvalue weighted by Crippen LogP contribution is -2.54. The number of hydrogen-bond acceptors (Lipinski definition) is 5. The van der Waals surface area contributed by atoms with Gasteiger partial charge in [0.1, 0.15) is 5.69 Å². The van der Waals surface area contributed by atoms with Gasteiger partial charge in [0.25, 0.3) is 5.91 Å². The summed E-state index contributed by atoms with van der Waals surface area (Å²) in [5.74, 6) is 0.0233. The lowest BCUT2D eigenvalue weighted by Gasteiger charge is -2.45. The monoisotopic (exact) mass is 331 g/mol. The molecule has 0 atom stereocenters. The number of rotatable bonds is 4. The van der Waals surface area contributed by atoms with E-state index < -0.39 is 0 Å². The van der Waals surface area contributed by atoms with Crippen molar-refractivity contribution in [3.63, 3.8) is 0 Å². The fraction of sp³-hybridized carbons (Fsp3) is 0.722. The standard InChI is InChI=1S/C18H29N5O/c1-15-13-20-16(14-19-15)17(24)22-9-6-18(7-10-22)5-4-8-23(18)12-11-21(2)3/h13-14H,4-12H2,1-3H3. The Hall–Kier alpha value is -1.53. The molecule has 3 heterocycles. The lowest BCUT2D eigenvalue weighted by atomic mass is 9.85. The molecule has 3 rings (SSSR count). The number of likely N-dealkylation sites (N-methyl/N-ethyl adjacent to an activating group) is 1. The second-order valence-corrected chi connectivity index (χ2v) is 7.45. The van der Waals surface area contributed by atoms with Crippen molar-refractivity contribution in [3.8, 4) is 0 Å². The van der Waals surface area contributed by atoms with Gasteiger partial charge in [0, 0.05) is 37.9 Å². The molecule has 1 aromatic heterocycles. The van der Waals surface area contributed by atoms with Gasteiger partial charge in [-0.1, -0.05) is 0 Å².